The number of carbonyl (C=O) groups excluding carboxylic acids is 1. The van der Waals surface area contributed by atoms with Crippen molar-refractivity contribution in [1.82, 2.24) is 4.57 Å². The van der Waals surface area contributed by atoms with Crippen LogP contribution in [0.2, 0.25) is 0 Å². The molecule has 1 aromatic heterocycles. The first-order valence-corrected chi connectivity index (χ1v) is 6.14. The Kier molecular flexibility index (Phi) is 2.99. The molecule has 0 aliphatic carbocycles. The zero-order valence-electron chi connectivity index (χ0n) is 10.8. The van der Waals surface area contributed by atoms with Crippen LogP contribution in [0.1, 0.15) is 10.4 Å². The first-order valence-electron chi connectivity index (χ1n) is 6.14. The van der Waals surface area contributed by atoms with E-state index in [-0.39, 0.29) is 11.8 Å². The van der Waals surface area contributed by atoms with E-state index in [9.17, 15) is 9.18 Å². The molecule has 2 aromatic carbocycles. The van der Waals surface area contributed by atoms with Crippen LogP contribution >= 0.6 is 0 Å². The third kappa shape index (κ3) is 2.05. The highest BCUT2D eigenvalue weighted by Crippen LogP contribution is 2.22. The van der Waals surface area contributed by atoms with Crippen LogP contribution in [0.4, 0.5) is 4.39 Å². The summed E-state index contributed by atoms with van der Waals surface area (Å²) >= 11 is 0. The van der Waals surface area contributed by atoms with Gasteiger partial charge in [0.05, 0.1) is 18.2 Å². The Hall–Kier alpha value is -2.62. The maximum Gasteiger partial charge on any atom is 0.337 e. The lowest BCUT2D eigenvalue weighted by atomic mass is 10.1. The first-order chi connectivity index (χ1) is 9.69. The lowest BCUT2D eigenvalue weighted by Crippen LogP contribution is -2.00. The molecule has 0 aliphatic rings. The fourth-order valence-electron chi connectivity index (χ4n) is 2.21. The summed E-state index contributed by atoms with van der Waals surface area (Å²) in [6.45, 7) is 0. The predicted molar refractivity (Wildman–Crippen MR) is 74.6 cm³/mol. The van der Waals surface area contributed by atoms with Crippen molar-refractivity contribution in [3.05, 3.63) is 66.1 Å². The topological polar surface area (TPSA) is 31.2 Å². The summed E-state index contributed by atoms with van der Waals surface area (Å²) < 4.78 is 19.6. The fourth-order valence-corrected chi connectivity index (χ4v) is 2.21. The fraction of sp³-hybridized carbons (Fsp3) is 0.0625. The second-order valence-electron chi connectivity index (χ2n) is 4.43. The van der Waals surface area contributed by atoms with Crippen molar-refractivity contribution in [2.45, 2.75) is 0 Å². The number of halogens is 1. The molecule has 20 heavy (non-hydrogen) atoms. The Labute approximate surface area is 115 Å². The minimum Gasteiger partial charge on any atom is -0.465 e. The van der Waals surface area contributed by atoms with Crippen LogP contribution in [0.25, 0.3) is 16.6 Å². The van der Waals surface area contributed by atoms with Crippen molar-refractivity contribution in [3.63, 3.8) is 0 Å². The molecule has 3 aromatic rings. The molecule has 4 heteroatoms. The van der Waals surface area contributed by atoms with E-state index in [1.54, 1.807) is 24.3 Å². The lowest BCUT2D eigenvalue weighted by molar-refractivity contribution is 0.0601. The van der Waals surface area contributed by atoms with Crippen molar-refractivity contribution < 1.29 is 13.9 Å². The van der Waals surface area contributed by atoms with Crippen molar-refractivity contribution in [1.29, 1.82) is 0 Å². The van der Waals surface area contributed by atoms with Crippen LogP contribution in [-0.4, -0.2) is 17.6 Å². The van der Waals surface area contributed by atoms with E-state index in [1.807, 2.05) is 22.9 Å². The number of aromatic nitrogens is 1. The minimum atomic E-state index is -0.360. The number of fused-ring (bicyclic) bond motifs is 1. The summed E-state index contributed by atoms with van der Waals surface area (Å²) in [4.78, 5) is 11.5. The Morgan fingerprint density at radius 2 is 1.85 bits per heavy atom. The van der Waals surface area contributed by atoms with Crippen molar-refractivity contribution in [2.24, 2.45) is 0 Å². The molecule has 0 atom stereocenters. The Bertz CT molecular complexity index is 775. The molecule has 0 bridgehead atoms. The van der Waals surface area contributed by atoms with E-state index < -0.39 is 0 Å². The summed E-state index contributed by atoms with van der Waals surface area (Å²) in [6.07, 6.45) is 1.89. The van der Waals surface area contributed by atoms with E-state index in [2.05, 4.69) is 0 Å². The lowest BCUT2D eigenvalue weighted by Gasteiger charge is -2.06. The molecule has 0 fully saturated rings. The third-order valence-corrected chi connectivity index (χ3v) is 3.22. The molecule has 0 saturated heterocycles. The maximum atomic E-state index is 13.0. The highest BCUT2D eigenvalue weighted by atomic mass is 19.1. The smallest absolute Gasteiger partial charge is 0.337 e. The SMILES string of the molecule is COC(=O)c1ccc2c(ccn2-c2ccc(F)cc2)c1. The number of esters is 1. The molecular formula is C16H12FNO2. The van der Waals surface area contributed by atoms with Gasteiger partial charge >= 0.3 is 5.97 Å². The van der Waals surface area contributed by atoms with E-state index >= 15 is 0 Å². The molecule has 0 spiro atoms. The van der Waals surface area contributed by atoms with Gasteiger partial charge in [0, 0.05) is 17.3 Å². The van der Waals surface area contributed by atoms with Gasteiger partial charge in [0.1, 0.15) is 5.82 Å². The van der Waals surface area contributed by atoms with Crippen LogP contribution in [0.5, 0.6) is 0 Å². The Balaban J connectivity index is 2.10. The highest BCUT2D eigenvalue weighted by Gasteiger charge is 2.09. The molecule has 0 N–H and O–H groups in total. The zero-order chi connectivity index (χ0) is 14.1. The van der Waals surface area contributed by atoms with Gasteiger partial charge in [-0.25, -0.2) is 9.18 Å². The largest absolute Gasteiger partial charge is 0.465 e. The monoisotopic (exact) mass is 269 g/mol. The number of hydrogen-bond acceptors (Lipinski definition) is 2. The normalized spacial score (nSPS) is 10.7. The molecule has 0 unspecified atom stereocenters. The summed E-state index contributed by atoms with van der Waals surface area (Å²) in [5, 5.41) is 0.928. The Morgan fingerprint density at radius 3 is 2.55 bits per heavy atom. The van der Waals surface area contributed by atoms with Crippen LogP contribution in [0.3, 0.4) is 0 Å². The standard InChI is InChI=1S/C16H12FNO2/c1-20-16(19)12-2-7-15-11(10-12)8-9-18(15)14-5-3-13(17)4-6-14/h2-10H,1H3. The van der Waals surface area contributed by atoms with Gasteiger partial charge in [-0.1, -0.05) is 0 Å². The number of nitrogens with zero attached hydrogens (tertiary/aromatic N) is 1. The third-order valence-electron chi connectivity index (χ3n) is 3.22. The predicted octanol–water partition coefficient (Wildman–Crippen LogP) is 3.56. The van der Waals surface area contributed by atoms with Crippen LogP contribution in [0, 0.1) is 5.82 Å². The minimum absolute atomic E-state index is 0.266. The van der Waals surface area contributed by atoms with E-state index in [0.29, 0.717) is 5.56 Å². The average Bonchev–Trinajstić information content (AvgIpc) is 2.90. The molecule has 100 valence electrons. The molecule has 0 aliphatic heterocycles. The van der Waals surface area contributed by atoms with Gasteiger partial charge in [-0.3, -0.25) is 0 Å². The molecule has 0 radical (unpaired) electrons. The van der Waals surface area contributed by atoms with Crippen molar-refractivity contribution in [3.8, 4) is 5.69 Å². The van der Waals surface area contributed by atoms with Gasteiger partial charge in [0.25, 0.3) is 0 Å². The van der Waals surface area contributed by atoms with E-state index in [1.165, 1.54) is 19.2 Å². The number of carbonyl (C=O) groups is 1. The maximum absolute atomic E-state index is 13.0. The van der Waals surface area contributed by atoms with Crippen molar-refractivity contribution in [2.75, 3.05) is 7.11 Å². The zero-order valence-corrected chi connectivity index (χ0v) is 10.8. The molecule has 0 amide bonds. The van der Waals surface area contributed by atoms with Gasteiger partial charge < -0.3 is 9.30 Å². The van der Waals surface area contributed by atoms with Gasteiger partial charge in [0.2, 0.25) is 0 Å². The van der Waals surface area contributed by atoms with Crippen LogP contribution < -0.4 is 0 Å². The van der Waals surface area contributed by atoms with Gasteiger partial charge in [0.15, 0.2) is 0 Å². The first kappa shape index (κ1) is 12.4. The number of benzene rings is 2. The number of ether oxygens (including phenoxy) is 1. The van der Waals surface area contributed by atoms with E-state index in [0.717, 1.165) is 16.6 Å². The molecule has 1 heterocycles. The van der Waals surface area contributed by atoms with Crippen LogP contribution in [-0.2, 0) is 4.74 Å². The Morgan fingerprint density at radius 1 is 1.10 bits per heavy atom. The van der Waals surface area contributed by atoms with Gasteiger partial charge in [-0.15, -0.1) is 0 Å². The molecule has 3 rings (SSSR count). The molecular weight excluding hydrogens is 257 g/mol. The molecule has 3 nitrogen and oxygen atoms in total. The number of rotatable bonds is 2. The number of methoxy groups -OCH3 is 1. The summed E-state index contributed by atoms with van der Waals surface area (Å²) in [7, 11) is 1.36. The second-order valence-corrected chi connectivity index (χ2v) is 4.43. The highest BCUT2D eigenvalue weighted by molar-refractivity contribution is 5.95. The summed E-state index contributed by atoms with van der Waals surface area (Å²) in [5.74, 6) is -0.625. The van der Waals surface area contributed by atoms with E-state index in [4.69, 9.17) is 4.74 Å². The second kappa shape index (κ2) is 4.81. The quantitative estimate of drug-likeness (QED) is 0.666. The van der Waals surface area contributed by atoms with Crippen LogP contribution in [0.15, 0.2) is 54.7 Å². The summed E-state index contributed by atoms with van der Waals surface area (Å²) in [6, 6.07) is 13.5. The average molecular weight is 269 g/mol. The van der Waals surface area contributed by atoms with Crippen molar-refractivity contribution >= 4 is 16.9 Å². The van der Waals surface area contributed by atoms with Gasteiger partial charge in [-0.2, -0.15) is 0 Å². The molecule has 0 saturated carbocycles. The number of hydrogen-bond donors (Lipinski definition) is 0. The van der Waals surface area contributed by atoms with Gasteiger partial charge in [-0.05, 0) is 48.5 Å². The summed E-state index contributed by atoms with van der Waals surface area (Å²) in [5.41, 5.74) is 2.33.